The van der Waals surface area contributed by atoms with Gasteiger partial charge in [-0.2, -0.15) is 0 Å². The fourth-order valence-corrected chi connectivity index (χ4v) is 0.510. The summed E-state index contributed by atoms with van der Waals surface area (Å²) in [5.74, 6) is -0.211. The minimum atomic E-state index is -0.578. The van der Waals surface area contributed by atoms with Crippen LogP contribution in [-0.2, 0) is 14.3 Å². The molecule has 2 N–H and O–H groups in total. The van der Waals surface area contributed by atoms with Gasteiger partial charge in [-0.3, -0.25) is 4.79 Å². The smallest absolute Gasteiger partial charge is 0.408 e. The van der Waals surface area contributed by atoms with E-state index < -0.39 is 6.09 Å². The molecule has 76 valence electrons. The van der Waals surface area contributed by atoms with Gasteiger partial charge in [0.25, 0.3) is 0 Å². The molecule has 13 heavy (non-hydrogen) atoms. The molecule has 0 saturated carbocycles. The van der Waals surface area contributed by atoms with E-state index in [0.29, 0.717) is 6.61 Å². The van der Waals surface area contributed by atoms with Gasteiger partial charge in [0.1, 0.15) is 6.61 Å². The Bertz CT molecular complexity index is 172. The monoisotopic (exact) mass is 190 g/mol. The Labute approximate surface area is 76.6 Å². The van der Waals surface area contributed by atoms with E-state index in [1.165, 1.54) is 14.0 Å². The molecule has 2 amide bonds. The van der Waals surface area contributed by atoms with E-state index in [9.17, 15) is 9.59 Å². The highest BCUT2D eigenvalue weighted by Gasteiger charge is 1.99. The molecule has 6 nitrogen and oxygen atoms in total. The minimum Gasteiger partial charge on any atom is -0.447 e. The normalized spacial score (nSPS) is 9.08. The number of alkyl carbamates (subject to hydrolysis) is 1. The Morgan fingerprint density at radius 1 is 1.23 bits per heavy atom. The number of nitrogens with one attached hydrogen (secondary N) is 2. The Balaban J connectivity index is 3.25. The summed E-state index contributed by atoms with van der Waals surface area (Å²) in [6, 6.07) is 0. The molecule has 0 rings (SSSR count). The van der Waals surface area contributed by atoms with Crippen LogP contribution in [0.25, 0.3) is 0 Å². The molecule has 0 aromatic heterocycles. The van der Waals surface area contributed by atoms with Gasteiger partial charge in [-0.1, -0.05) is 0 Å². The van der Waals surface area contributed by atoms with Crippen molar-refractivity contribution in [3.05, 3.63) is 0 Å². The first-order chi connectivity index (χ1) is 6.16. The highest BCUT2D eigenvalue weighted by molar-refractivity contribution is 5.73. The van der Waals surface area contributed by atoms with E-state index in [-0.39, 0.29) is 19.2 Å². The average molecular weight is 190 g/mol. The van der Waals surface area contributed by atoms with Crippen molar-refractivity contribution in [2.45, 2.75) is 6.92 Å². The fourth-order valence-electron chi connectivity index (χ4n) is 0.510. The Kier molecular flexibility index (Phi) is 6.62. The van der Waals surface area contributed by atoms with E-state index in [1.54, 1.807) is 0 Å². The Hall–Kier alpha value is -1.30. The van der Waals surface area contributed by atoms with Crippen LogP contribution < -0.4 is 10.6 Å². The topological polar surface area (TPSA) is 76.7 Å². The largest absolute Gasteiger partial charge is 0.447 e. The molecule has 0 aliphatic heterocycles. The summed E-state index contributed by atoms with van der Waals surface area (Å²) in [5, 5.41) is 4.71. The molecule has 0 atom stereocenters. The Morgan fingerprint density at radius 3 is 2.46 bits per heavy atom. The van der Waals surface area contributed by atoms with E-state index in [1.807, 2.05) is 0 Å². The molecular weight excluding hydrogens is 176 g/mol. The molecule has 0 fully saturated rings. The predicted molar refractivity (Wildman–Crippen MR) is 45.0 cm³/mol. The van der Waals surface area contributed by atoms with Gasteiger partial charge in [0.15, 0.2) is 0 Å². The second kappa shape index (κ2) is 7.35. The summed E-state index contributed by atoms with van der Waals surface area (Å²) in [7, 11) is 1.51. The summed E-state index contributed by atoms with van der Waals surface area (Å²) in [5.41, 5.74) is 0. The highest BCUT2D eigenvalue weighted by Crippen LogP contribution is 1.76. The molecule has 0 heterocycles. The predicted octanol–water partition coefficient (Wildman–Crippen LogP) is -0.547. The maximum Gasteiger partial charge on any atom is 0.408 e. The zero-order valence-electron chi connectivity index (χ0n) is 7.75. The lowest BCUT2D eigenvalue weighted by Gasteiger charge is -2.06. The van der Waals surface area contributed by atoms with Crippen molar-refractivity contribution in [2.75, 3.05) is 27.0 Å². The zero-order valence-corrected chi connectivity index (χ0v) is 7.75. The fraction of sp³-hybridized carbons (Fsp3) is 0.714. The van der Waals surface area contributed by atoms with Crippen LogP contribution in [0.15, 0.2) is 0 Å². The number of amides is 2. The number of carbonyl (C=O) groups excluding carboxylic acids is 2. The van der Waals surface area contributed by atoms with Crippen LogP contribution in [0.3, 0.4) is 0 Å². The van der Waals surface area contributed by atoms with Crippen molar-refractivity contribution in [3.63, 3.8) is 0 Å². The van der Waals surface area contributed by atoms with Gasteiger partial charge < -0.3 is 20.1 Å². The first kappa shape index (κ1) is 11.7. The summed E-state index contributed by atoms with van der Waals surface area (Å²) in [6.07, 6.45) is -0.578. The molecule has 0 unspecified atom stereocenters. The molecule has 0 radical (unpaired) electrons. The number of methoxy groups -OCH3 is 1. The molecular formula is C7H14N2O4. The quantitative estimate of drug-likeness (QED) is 0.450. The summed E-state index contributed by atoms with van der Waals surface area (Å²) >= 11 is 0. The lowest BCUT2D eigenvalue weighted by Crippen LogP contribution is -2.36. The third-order valence-corrected chi connectivity index (χ3v) is 1.09. The van der Waals surface area contributed by atoms with Crippen molar-refractivity contribution in [3.8, 4) is 0 Å². The van der Waals surface area contributed by atoms with Crippen LogP contribution in [0.1, 0.15) is 6.92 Å². The molecule has 0 saturated heterocycles. The minimum absolute atomic E-state index is 0.0706. The van der Waals surface area contributed by atoms with Crippen molar-refractivity contribution >= 4 is 12.0 Å². The van der Waals surface area contributed by atoms with Crippen LogP contribution in [-0.4, -0.2) is 39.0 Å². The van der Waals surface area contributed by atoms with E-state index >= 15 is 0 Å². The SMILES string of the molecule is COCCOC(=O)NCNC(C)=O. The number of ether oxygens (including phenoxy) is 2. The van der Waals surface area contributed by atoms with Crippen LogP contribution in [0, 0.1) is 0 Å². The lowest BCUT2D eigenvalue weighted by molar-refractivity contribution is -0.119. The number of hydrogen-bond acceptors (Lipinski definition) is 4. The lowest BCUT2D eigenvalue weighted by atomic mass is 10.7. The van der Waals surface area contributed by atoms with Crippen molar-refractivity contribution < 1.29 is 19.1 Å². The van der Waals surface area contributed by atoms with Gasteiger partial charge in [-0.25, -0.2) is 4.79 Å². The summed E-state index contributed by atoms with van der Waals surface area (Å²) < 4.78 is 9.30. The van der Waals surface area contributed by atoms with E-state index in [2.05, 4.69) is 20.1 Å². The molecule has 0 aliphatic carbocycles. The van der Waals surface area contributed by atoms with Gasteiger partial charge in [0.2, 0.25) is 5.91 Å². The molecule has 0 aromatic carbocycles. The third kappa shape index (κ3) is 8.61. The zero-order chi connectivity index (χ0) is 10.1. The second-order valence-electron chi connectivity index (χ2n) is 2.22. The molecule has 6 heteroatoms. The number of hydrogen-bond donors (Lipinski definition) is 2. The first-order valence-corrected chi connectivity index (χ1v) is 3.81. The standard InChI is InChI=1S/C7H14N2O4/c1-6(10)8-5-9-7(11)13-4-3-12-2/h3-5H2,1-2H3,(H,8,10)(H,9,11). The van der Waals surface area contributed by atoms with Crippen LogP contribution >= 0.6 is 0 Å². The van der Waals surface area contributed by atoms with Crippen LogP contribution in [0.4, 0.5) is 4.79 Å². The molecule has 0 aromatic rings. The second-order valence-corrected chi connectivity index (χ2v) is 2.22. The third-order valence-electron chi connectivity index (χ3n) is 1.09. The summed E-state index contributed by atoms with van der Waals surface area (Å²) in [4.78, 5) is 21.1. The number of rotatable bonds is 5. The molecule has 0 bridgehead atoms. The number of carbonyl (C=O) groups is 2. The van der Waals surface area contributed by atoms with E-state index in [4.69, 9.17) is 0 Å². The van der Waals surface area contributed by atoms with Gasteiger partial charge in [-0.05, 0) is 0 Å². The highest BCUT2D eigenvalue weighted by atomic mass is 16.6. The maximum atomic E-state index is 10.8. The van der Waals surface area contributed by atoms with Gasteiger partial charge in [-0.15, -0.1) is 0 Å². The van der Waals surface area contributed by atoms with Gasteiger partial charge >= 0.3 is 6.09 Å². The van der Waals surface area contributed by atoms with Crippen molar-refractivity contribution in [2.24, 2.45) is 0 Å². The van der Waals surface area contributed by atoms with E-state index in [0.717, 1.165) is 0 Å². The van der Waals surface area contributed by atoms with Crippen molar-refractivity contribution in [1.29, 1.82) is 0 Å². The van der Waals surface area contributed by atoms with Gasteiger partial charge in [0, 0.05) is 14.0 Å². The maximum absolute atomic E-state index is 10.8. The van der Waals surface area contributed by atoms with Gasteiger partial charge in [0.05, 0.1) is 13.3 Å². The average Bonchev–Trinajstić information content (AvgIpc) is 2.04. The summed E-state index contributed by atoms with van der Waals surface area (Å²) in [6.45, 7) is 1.98. The van der Waals surface area contributed by atoms with Crippen LogP contribution in [0.5, 0.6) is 0 Å². The first-order valence-electron chi connectivity index (χ1n) is 3.81. The van der Waals surface area contributed by atoms with Crippen LogP contribution in [0.2, 0.25) is 0 Å². The Morgan fingerprint density at radius 2 is 1.92 bits per heavy atom. The molecule has 0 aliphatic rings. The molecule has 0 spiro atoms. The van der Waals surface area contributed by atoms with Crippen molar-refractivity contribution in [1.82, 2.24) is 10.6 Å².